The number of benzene rings is 1. The van der Waals surface area contributed by atoms with E-state index in [4.69, 9.17) is 11.6 Å². The SMILES string of the molecule is C=CN=C(C)N=C(CC(=C)NCC1CCCCC1)C(F)F.CC.Cc1cc(Cl)cc(C)c1C. The fraction of sp³-hybridized carbons (Fsp3) is 0.556. The molecule has 0 aliphatic heterocycles. The Balaban J connectivity index is 0.000000709. The van der Waals surface area contributed by atoms with Crippen molar-refractivity contribution < 1.29 is 8.78 Å². The highest BCUT2D eigenvalue weighted by Crippen LogP contribution is 2.23. The van der Waals surface area contributed by atoms with Gasteiger partial charge in [-0.25, -0.2) is 18.8 Å². The summed E-state index contributed by atoms with van der Waals surface area (Å²) in [6.45, 7) is 19.9. The number of nitrogens with zero attached hydrogens (tertiary/aromatic N) is 2. The Labute approximate surface area is 205 Å². The molecule has 186 valence electrons. The number of rotatable bonds is 7. The minimum atomic E-state index is -2.60. The zero-order valence-electron chi connectivity index (χ0n) is 21.3. The maximum atomic E-state index is 13.0. The minimum absolute atomic E-state index is 0.0500. The van der Waals surface area contributed by atoms with Crippen LogP contribution in [0.15, 0.2) is 47.2 Å². The van der Waals surface area contributed by atoms with Gasteiger partial charge in [-0.2, -0.15) is 0 Å². The Bertz CT molecular complexity index is 772. The Morgan fingerprint density at radius 3 is 2.18 bits per heavy atom. The van der Waals surface area contributed by atoms with Crippen LogP contribution in [-0.2, 0) is 0 Å². The van der Waals surface area contributed by atoms with Crippen LogP contribution in [0.25, 0.3) is 0 Å². The summed E-state index contributed by atoms with van der Waals surface area (Å²) < 4.78 is 25.9. The van der Waals surface area contributed by atoms with E-state index in [-0.39, 0.29) is 18.0 Å². The fourth-order valence-corrected chi connectivity index (χ4v) is 3.81. The fourth-order valence-electron chi connectivity index (χ4n) is 3.48. The molecule has 0 saturated heterocycles. The molecule has 1 saturated carbocycles. The molecule has 1 N–H and O–H groups in total. The van der Waals surface area contributed by atoms with Gasteiger partial charge < -0.3 is 5.32 Å². The van der Waals surface area contributed by atoms with Crippen LogP contribution >= 0.6 is 11.6 Å². The van der Waals surface area contributed by atoms with Crippen LogP contribution in [0.2, 0.25) is 5.02 Å². The molecule has 0 radical (unpaired) electrons. The molecule has 3 nitrogen and oxygen atoms in total. The van der Waals surface area contributed by atoms with Crippen molar-refractivity contribution in [3.8, 4) is 0 Å². The summed E-state index contributed by atoms with van der Waals surface area (Å²) in [6.07, 6.45) is 4.99. The van der Waals surface area contributed by atoms with Gasteiger partial charge in [0.15, 0.2) is 0 Å². The number of aryl methyl sites for hydroxylation is 2. The molecule has 0 atom stereocenters. The molecule has 0 unspecified atom stereocenters. The van der Waals surface area contributed by atoms with E-state index in [1.54, 1.807) is 6.92 Å². The largest absolute Gasteiger partial charge is 0.388 e. The number of aliphatic imine (C=N–C) groups is 2. The zero-order chi connectivity index (χ0) is 25.4. The van der Waals surface area contributed by atoms with Gasteiger partial charge in [-0.05, 0) is 75.3 Å². The highest BCUT2D eigenvalue weighted by atomic mass is 35.5. The van der Waals surface area contributed by atoms with Gasteiger partial charge in [0.05, 0.1) is 5.71 Å². The first kappa shape index (κ1) is 31.0. The molecule has 1 fully saturated rings. The minimum Gasteiger partial charge on any atom is -0.388 e. The summed E-state index contributed by atoms with van der Waals surface area (Å²) in [5, 5.41) is 4.01. The average Bonchev–Trinajstić information content (AvgIpc) is 2.78. The van der Waals surface area contributed by atoms with E-state index >= 15 is 0 Å². The van der Waals surface area contributed by atoms with Crippen LogP contribution in [-0.4, -0.2) is 24.5 Å². The zero-order valence-corrected chi connectivity index (χ0v) is 22.0. The lowest BCUT2D eigenvalue weighted by Crippen LogP contribution is -2.26. The van der Waals surface area contributed by atoms with Gasteiger partial charge in [0.1, 0.15) is 5.84 Å². The molecule has 1 aliphatic rings. The summed E-state index contributed by atoms with van der Waals surface area (Å²) in [6, 6.07) is 3.98. The topological polar surface area (TPSA) is 36.8 Å². The van der Waals surface area contributed by atoms with Crippen LogP contribution in [0.3, 0.4) is 0 Å². The standard InChI is InChI=1S/C16H25F2N3.C9H11Cl.C2H6/c1-4-19-13(3)21-15(16(17)18)10-12(2)20-11-14-8-6-5-7-9-14;1-6-4-9(10)5-7(2)8(6)3;1-2/h4,14,16,20H,1-2,5-11H2,3H3;4-5H,1-3H3;1-2H3. The number of amidine groups is 1. The molecule has 0 aromatic heterocycles. The molecule has 2 rings (SSSR count). The third kappa shape index (κ3) is 13.3. The lowest BCUT2D eigenvalue weighted by Gasteiger charge is -2.23. The molecule has 0 bridgehead atoms. The molecule has 6 heteroatoms. The van der Waals surface area contributed by atoms with Crippen LogP contribution < -0.4 is 5.32 Å². The number of halogens is 3. The molecule has 0 amide bonds. The van der Waals surface area contributed by atoms with Crippen molar-refractivity contribution >= 4 is 23.1 Å². The monoisotopic (exact) mass is 481 g/mol. The van der Waals surface area contributed by atoms with E-state index < -0.39 is 6.43 Å². The molecule has 1 aliphatic carbocycles. The van der Waals surface area contributed by atoms with Crippen LogP contribution in [0.4, 0.5) is 8.78 Å². The number of hydrogen-bond acceptors (Lipinski definition) is 2. The van der Waals surface area contributed by atoms with E-state index in [9.17, 15) is 8.78 Å². The lowest BCUT2D eigenvalue weighted by molar-refractivity contribution is 0.223. The maximum absolute atomic E-state index is 13.0. The van der Waals surface area contributed by atoms with Crippen molar-refractivity contribution in [2.24, 2.45) is 15.9 Å². The quantitative estimate of drug-likeness (QED) is 0.307. The van der Waals surface area contributed by atoms with Crippen molar-refractivity contribution in [3.05, 3.63) is 58.9 Å². The number of allylic oxidation sites excluding steroid dienone is 1. The third-order valence-corrected chi connectivity index (χ3v) is 5.71. The van der Waals surface area contributed by atoms with Crippen LogP contribution in [0.5, 0.6) is 0 Å². The van der Waals surface area contributed by atoms with Crippen molar-refractivity contribution in [1.29, 1.82) is 0 Å². The highest BCUT2D eigenvalue weighted by Gasteiger charge is 2.17. The first-order valence-corrected chi connectivity index (χ1v) is 12.2. The van der Waals surface area contributed by atoms with Crippen molar-refractivity contribution in [2.75, 3.05) is 6.54 Å². The predicted octanol–water partition coefficient (Wildman–Crippen LogP) is 8.62. The van der Waals surface area contributed by atoms with E-state index in [1.807, 2.05) is 26.0 Å². The summed E-state index contributed by atoms with van der Waals surface area (Å²) in [7, 11) is 0. The van der Waals surface area contributed by atoms with Gasteiger partial charge in [-0.1, -0.05) is 57.9 Å². The molecule has 33 heavy (non-hydrogen) atoms. The highest BCUT2D eigenvalue weighted by molar-refractivity contribution is 6.30. The summed E-state index contributed by atoms with van der Waals surface area (Å²) in [4.78, 5) is 7.63. The molecule has 0 heterocycles. The first-order valence-electron chi connectivity index (χ1n) is 11.8. The summed E-state index contributed by atoms with van der Waals surface area (Å²) >= 11 is 5.82. The van der Waals surface area contributed by atoms with Gasteiger partial charge in [0, 0.05) is 29.9 Å². The van der Waals surface area contributed by atoms with Crippen molar-refractivity contribution in [3.63, 3.8) is 0 Å². The van der Waals surface area contributed by atoms with Gasteiger partial charge in [-0.15, -0.1) is 0 Å². The number of hydrogen-bond donors (Lipinski definition) is 1. The smallest absolute Gasteiger partial charge is 0.277 e. The summed E-state index contributed by atoms with van der Waals surface area (Å²) in [5.41, 5.74) is 4.25. The second kappa shape index (κ2) is 17.5. The van der Waals surface area contributed by atoms with Gasteiger partial charge in [0.2, 0.25) is 0 Å². The average molecular weight is 482 g/mol. The summed E-state index contributed by atoms with van der Waals surface area (Å²) in [5.74, 6) is 0.909. The van der Waals surface area contributed by atoms with E-state index in [0.29, 0.717) is 11.6 Å². The Morgan fingerprint density at radius 1 is 1.15 bits per heavy atom. The number of nitrogens with one attached hydrogen (secondary N) is 1. The molecule has 1 aromatic rings. The van der Waals surface area contributed by atoms with Gasteiger partial charge >= 0.3 is 0 Å². The van der Waals surface area contributed by atoms with Crippen LogP contribution in [0.1, 0.15) is 76.0 Å². The van der Waals surface area contributed by atoms with E-state index in [0.717, 1.165) is 11.6 Å². The molecular formula is C27H42ClF2N3. The van der Waals surface area contributed by atoms with E-state index in [1.165, 1.54) is 55.0 Å². The first-order chi connectivity index (χ1) is 15.6. The molecule has 0 spiro atoms. The normalized spacial score (nSPS) is 14.6. The van der Waals surface area contributed by atoms with Crippen molar-refractivity contribution in [1.82, 2.24) is 5.32 Å². The van der Waals surface area contributed by atoms with Crippen molar-refractivity contribution in [2.45, 2.75) is 86.5 Å². The van der Waals surface area contributed by atoms with Gasteiger partial charge in [-0.3, -0.25) is 0 Å². The second-order valence-corrected chi connectivity index (χ2v) is 8.53. The Kier molecular flexibility index (Phi) is 16.4. The van der Waals surface area contributed by atoms with Gasteiger partial charge in [0.25, 0.3) is 6.43 Å². The van der Waals surface area contributed by atoms with Crippen LogP contribution in [0, 0.1) is 26.7 Å². The number of alkyl halides is 2. The maximum Gasteiger partial charge on any atom is 0.277 e. The lowest BCUT2D eigenvalue weighted by atomic mass is 9.89. The Hall–Kier alpha value is -2.01. The second-order valence-electron chi connectivity index (χ2n) is 8.09. The Morgan fingerprint density at radius 2 is 1.70 bits per heavy atom. The molecular weight excluding hydrogens is 440 g/mol. The third-order valence-electron chi connectivity index (χ3n) is 5.49. The van der Waals surface area contributed by atoms with E-state index in [2.05, 4.69) is 49.2 Å². The molecule has 1 aromatic carbocycles. The predicted molar refractivity (Wildman–Crippen MR) is 142 cm³/mol.